The van der Waals surface area contributed by atoms with Crippen molar-refractivity contribution in [3.05, 3.63) is 29.7 Å². The number of rotatable bonds is 3. The molecule has 1 aromatic carbocycles. The molecule has 1 amide bonds. The number of carbonyl (C=O) groups is 1. The fraction of sp³-hybridized carbons (Fsp3) is 0.467. The van der Waals surface area contributed by atoms with Gasteiger partial charge in [-0.3, -0.25) is 4.79 Å². The molecule has 0 unspecified atom stereocenters. The van der Waals surface area contributed by atoms with Crippen LogP contribution in [-0.2, 0) is 21.2 Å². The number of fused-ring (bicyclic) bond motifs is 1. The second-order valence-corrected chi connectivity index (χ2v) is 7.74. The van der Waals surface area contributed by atoms with Gasteiger partial charge >= 0.3 is 0 Å². The van der Waals surface area contributed by atoms with E-state index in [2.05, 4.69) is 4.98 Å². The molecule has 0 radical (unpaired) electrons. The summed E-state index contributed by atoms with van der Waals surface area (Å²) in [5.74, 6) is 0.595. The molecule has 0 aliphatic carbocycles. The average Bonchev–Trinajstić information content (AvgIpc) is 2.86. The second kappa shape index (κ2) is 5.93. The number of sulfonamides is 1. The Kier molecular flexibility index (Phi) is 4.11. The molecule has 1 saturated heterocycles. The van der Waals surface area contributed by atoms with Gasteiger partial charge < -0.3 is 9.32 Å². The number of piperazine rings is 1. The molecule has 8 heteroatoms. The zero-order valence-electron chi connectivity index (χ0n) is 13.2. The van der Waals surface area contributed by atoms with Gasteiger partial charge in [-0.05, 0) is 17.7 Å². The van der Waals surface area contributed by atoms with Crippen LogP contribution >= 0.6 is 0 Å². The Hall–Kier alpha value is -1.93. The fourth-order valence-corrected chi connectivity index (χ4v) is 3.58. The van der Waals surface area contributed by atoms with Crippen molar-refractivity contribution < 1.29 is 17.6 Å². The van der Waals surface area contributed by atoms with Crippen LogP contribution in [0.2, 0.25) is 0 Å². The van der Waals surface area contributed by atoms with Crippen LogP contribution in [0, 0.1) is 6.92 Å². The molecule has 0 N–H and O–H groups in total. The van der Waals surface area contributed by atoms with Crippen LogP contribution in [0.1, 0.15) is 11.5 Å². The van der Waals surface area contributed by atoms with Crippen molar-refractivity contribution in [2.45, 2.75) is 13.3 Å². The number of nitrogens with zero attached hydrogens (tertiary/aromatic N) is 3. The van der Waals surface area contributed by atoms with Gasteiger partial charge in [0.05, 0.1) is 12.7 Å². The summed E-state index contributed by atoms with van der Waals surface area (Å²) in [4.78, 5) is 18.4. The van der Waals surface area contributed by atoms with Crippen molar-refractivity contribution in [3.63, 3.8) is 0 Å². The predicted molar refractivity (Wildman–Crippen MR) is 85.4 cm³/mol. The minimum Gasteiger partial charge on any atom is -0.441 e. The first-order valence-electron chi connectivity index (χ1n) is 7.42. The van der Waals surface area contributed by atoms with E-state index in [-0.39, 0.29) is 12.3 Å². The molecule has 7 nitrogen and oxygen atoms in total. The third-order valence-electron chi connectivity index (χ3n) is 3.97. The van der Waals surface area contributed by atoms with E-state index in [4.69, 9.17) is 4.42 Å². The molecule has 2 heterocycles. The molecule has 3 rings (SSSR count). The average molecular weight is 337 g/mol. The number of hydrogen-bond donors (Lipinski definition) is 0. The minimum atomic E-state index is -3.18. The largest absolute Gasteiger partial charge is 0.441 e. The summed E-state index contributed by atoms with van der Waals surface area (Å²) < 4.78 is 29.8. The molecular formula is C15H19N3O4S. The number of aromatic nitrogens is 1. The highest BCUT2D eigenvalue weighted by molar-refractivity contribution is 7.88. The fourth-order valence-electron chi connectivity index (χ4n) is 2.75. The molecule has 124 valence electrons. The van der Waals surface area contributed by atoms with Crippen LogP contribution in [0.15, 0.2) is 22.6 Å². The Morgan fingerprint density at radius 3 is 2.61 bits per heavy atom. The lowest BCUT2D eigenvalue weighted by Crippen LogP contribution is -2.50. The predicted octanol–water partition coefficient (Wildman–Crippen LogP) is 0.783. The molecule has 1 aromatic heterocycles. The summed E-state index contributed by atoms with van der Waals surface area (Å²) in [7, 11) is -3.18. The molecule has 1 fully saturated rings. The number of benzene rings is 1. The van der Waals surface area contributed by atoms with Crippen LogP contribution in [-0.4, -0.2) is 60.9 Å². The third kappa shape index (κ3) is 3.53. The van der Waals surface area contributed by atoms with E-state index < -0.39 is 10.0 Å². The number of hydrogen-bond acceptors (Lipinski definition) is 5. The van der Waals surface area contributed by atoms with E-state index >= 15 is 0 Å². The number of aryl methyl sites for hydroxylation is 1. The zero-order valence-corrected chi connectivity index (χ0v) is 14.0. The highest BCUT2D eigenvalue weighted by Crippen LogP contribution is 2.18. The Bertz CT molecular complexity index is 836. The maximum absolute atomic E-state index is 12.4. The third-order valence-corrected chi connectivity index (χ3v) is 5.28. The van der Waals surface area contributed by atoms with Crippen LogP contribution in [0.25, 0.3) is 11.1 Å². The molecule has 1 aliphatic rings. The van der Waals surface area contributed by atoms with Gasteiger partial charge in [0.1, 0.15) is 5.52 Å². The molecule has 0 saturated carbocycles. The van der Waals surface area contributed by atoms with Crippen molar-refractivity contribution in [1.82, 2.24) is 14.2 Å². The van der Waals surface area contributed by atoms with Crippen molar-refractivity contribution >= 4 is 27.0 Å². The smallest absolute Gasteiger partial charge is 0.227 e. The second-order valence-electron chi connectivity index (χ2n) is 5.75. The minimum absolute atomic E-state index is 0.00211. The first kappa shape index (κ1) is 15.9. The van der Waals surface area contributed by atoms with Crippen LogP contribution < -0.4 is 0 Å². The van der Waals surface area contributed by atoms with Crippen molar-refractivity contribution in [2.24, 2.45) is 0 Å². The zero-order chi connectivity index (χ0) is 16.6. The summed E-state index contributed by atoms with van der Waals surface area (Å²) >= 11 is 0. The highest BCUT2D eigenvalue weighted by atomic mass is 32.2. The SMILES string of the molecule is Cc1nc2cc(CC(=O)N3CCN(S(C)(=O)=O)CC3)ccc2o1. The first-order chi connectivity index (χ1) is 10.8. The van der Waals surface area contributed by atoms with Gasteiger partial charge in [0.2, 0.25) is 15.9 Å². The van der Waals surface area contributed by atoms with E-state index in [1.165, 1.54) is 10.6 Å². The molecule has 0 atom stereocenters. The number of carbonyl (C=O) groups excluding carboxylic acids is 1. The van der Waals surface area contributed by atoms with Gasteiger partial charge in [-0.2, -0.15) is 4.31 Å². The maximum Gasteiger partial charge on any atom is 0.227 e. The topological polar surface area (TPSA) is 83.7 Å². The molecule has 2 aromatic rings. The van der Waals surface area contributed by atoms with Gasteiger partial charge in [-0.15, -0.1) is 0 Å². The van der Waals surface area contributed by atoms with Crippen LogP contribution in [0.5, 0.6) is 0 Å². The van der Waals surface area contributed by atoms with Gasteiger partial charge in [0.25, 0.3) is 0 Å². The monoisotopic (exact) mass is 337 g/mol. The van der Waals surface area contributed by atoms with E-state index in [1.807, 2.05) is 18.2 Å². The Morgan fingerprint density at radius 2 is 1.96 bits per heavy atom. The molecule has 0 spiro atoms. The lowest BCUT2D eigenvalue weighted by Gasteiger charge is -2.33. The summed E-state index contributed by atoms with van der Waals surface area (Å²) in [5, 5.41) is 0. The van der Waals surface area contributed by atoms with Gasteiger partial charge in [0.15, 0.2) is 11.5 Å². The Morgan fingerprint density at radius 1 is 1.26 bits per heavy atom. The van der Waals surface area contributed by atoms with Gasteiger partial charge in [-0.1, -0.05) is 6.07 Å². The van der Waals surface area contributed by atoms with E-state index in [1.54, 1.807) is 11.8 Å². The van der Waals surface area contributed by atoms with E-state index in [0.29, 0.717) is 37.7 Å². The van der Waals surface area contributed by atoms with Crippen LogP contribution in [0.4, 0.5) is 0 Å². The van der Waals surface area contributed by atoms with E-state index in [0.717, 1.165) is 11.1 Å². The molecule has 23 heavy (non-hydrogen) atoms. The first-order valence-corrected chi connectivity index (χ1v) is 9.27. The van der Waals surface area contributed by atoms with Crippen LogP contribution in [0.3, 0.4) is 0 Å². The van der Waals surface area contributed by atoms with E-state index in [9.17, 15) is 13.2 Å². The summed E-state index contributed by atoms with van der Waals surface area (Å²) in [5.41, 5.74) is 2.33. The maximum atomic E-state index is 12.4. The lowest BCUT2D eigenvalue weighted by atomic mass is 10.1. The standard InChI is InChI=1S/C15H19N3O4S/c1-11-16-13-9-12(3-4-14(13)22-11)10-15(19)17-5-7-18(8-6-17)23(2,20)21/h3-4,9H,5-8,10H2,1-2H3. The van der Waals surface area contributed by atoms with Gasteiger partial charge in [-0.25, -0.2) is 13.4 Å². The summed E-state index contributed by atoms with van der Waals surface area (Å²) in [6.07, 6.45) is 1.47. The normalized spacial score (nSPS) is 16.9. The Balaban J connectivity index is 1.64. The molecular weight excluding hydrogens is 318 g/mol. The summed E-state index contributed by atoms with van der Waals surface area (Å²) in [6.45, 7) is 3.35. The van der Waals surface area contributed by atoms with Gasteiger partial charge in [0, 0.05) is 33.1 Å². The lowest BCUT2D eigenvalue weighted by molar-refractivity contribution is -0.131. The number of amides is 1. The number of oxazole rings is 1. The quantitative estimate of drug-likeness (QED) is 0.826. The highest BCUT2D eigenvalue weighted by Gasteiger charge is 2.25. The molecule has 0 bridgehead atoms. The Labute approximate surface area is 134 Å². The van der Waals surface area contributed by atoms with Crippen molar-refractivity contribution in [1.29, 1.82) is 0 Å². The summed E-state index contributed by atoms with van der Waals surface area (Å²) in [6, 6.07) is 5.54. The molecule has 1 aliphatic heterocycles. The van der Waals surface area contributed by atoms with Crippen molar-refractivity contribution in [3.8, 4) is 0 Å². The van der Waals surface area contributed by atoms with Crippen molar-refractivity contribution in [2.75, 3.05) is 32.4 Å².